The van der Waals surface area contributed by atoms with E-state index in [1.54, 1.807) is 0 Å². The number of aliphatic hydroxyl groups excluding tert-OH is 1. The maximum absolute atomic E-state index is 13.7. The molecule has 2 saturated carbocycles. The van der Waals surface area contributed by atoms with Crippen LogP contribution in [0.15, 0.2) is 35.2 Å². The molecule has 2 aromatic carbocycles. The lowest BCUT2D eigenvalue weighted by molar-refractivity contribution is -0.153. The van der Waals surface area contributed by atoms with Crippen molar-refractivity contribution < 1.29 is 46.5 Å². The largest absolute Gasteiger partial charge is 0.388 e. The van der Waals surface area contributed by atoms with Crippen molar-refractivity contribution in [2.75, 3.05) is 11.9 Å². The van der Waals surface area contributed by atoms with Gasteiger partial charge in [-0.25, -0.2) is 21.6 Å². The van der Waals surface area contributed by atoms with Gasteiger partial charge >= 0.3 is 0 Å². The second kappa shape index (κ2) is 11.2. The Hall–Kier alpha value is -2.71. The Bertz CT molecular complexity index is 1440. The fraction of sp³-hybridized carbons (Fsp3) is 0.481. The molecule has 9 nitrogen and oxygen atoms in total. The van der Waals surface area contributed by atoms with Gasteiger partial charge in [-0.3, -0.25) is 9.59 Å². The summed E-state index contributed by atoms with van der Waals surface area (Å²) in [5.74, 6) is -7.86. The van der Waals surface area contributed by atoms with Crippen LogP contribution in [-0.2, 0) is 14.6 Å². The van der Waals surface area contributed by atoms with E-state index < -0.39 is 73.5 Å². The van der Waals surface area contributed by atoms with Gasteiger partial charge < -0.3 is 26.0 Å². The van der Waals surface area contributed by atoms with Gasteiger partial charge in [-0.1, -0.05) is 11.6 Å². The van der Waals surface area contributed by atoms with E-state index in [2.05, 4.69) is 10.6 Å². The zero-order valence-corrected chi connectivity index (χ0v) is 23.7. The molecule has 0 spiro atoms. The molecule has 2 bridgehead atoms. The van der Waals surface area contributed by atoms with Gasteiger partial charge in [0.1, 0.15) is 5.60 Å². The van der Waals surface area contributed by atoms with Gasteiger partial charge in [0.2, 0.25) is 0 Å². The van der Waals surface area contributed by atoms with Crippen LogP contribution >= 0.6 is 11.6 Å². The lowest BCUT2D eigenvalue weighted by atomic mass is 9.73. The summed E-state index contributed by atoms with van der Waals surface area (Å²) in [4.78, 5) is 25.4. The van der Waals surface area contributed by atoms with E-state index >= 15 is 0 Å². The predicted octanol–water partition coefficient (Wildman–Crippen LogP) is 2.95. The summed E-state index contributed by atoms with van der Waals surface area (Å²) in [7, 11) is -4.18. The number of benzene rings is 2. The molecule has 224 valence electrons. The standard InChI is InChI=1S/C27H30ClF3N2O7S/c1-26(2,37)22(34)12-32-25(36)27(38)14-4-5-15(27)9-17(8-14)41(39,40)21-7-13(3-6-18(21)28)24(35)33-16-10-19(29)23(31)20(30)11-16/h3,6-7,10-11,14-15,17,22,34,37-38H,4-5,8-9,12H2,1-2H3,(H,32,36)(H,33,35). The zero-order valence-electron chi connectivity index (χ0n) is 22.1. The van der Waals surface area contributed by atoms with Crippen molar-refractivity contribution in [1.29, 1.82) is 0 Å². The molecule has 2 aliphatic rings. The smallest absolute Gasteiger partial charge is 0.255 e. The number of sulfone groups is 1. The number of rotatable bonds is 8. The first-order chi connectivity index (χ1) is 19.0. The van der Waals surface area contributed by atoms with Crippen LogP contribution in [-0.4, -0.2) is 64.7 Å². The van der Waals surface area contributed by atoms with Crippen LogP contribution in [0.5, 0.6) is 0 Å². The number of halogens is 4. The number of nitrogens with one attached hydrogen (secondary N) is 2. The molecule has 0 radical (unpaired) electrons. The van der Waals surface area contributed by atoms with Gasteiger partial charge in [0.05, 0.1) is 26.9 Å². The Kier molecular flexibility index (Phi) is 8.51. The van der Waals surface area contributed by atoms with Gasteiger partial charge in [-0.15, -0.1) is 0 Å². The second-order valence-corrected chi connectivity index (χ2v) is 13.8. The fourth-order valence-electron chi connectivity index (χ4n) is 5.58. The van der Waals surface area contributed by atoms with Crippen LogP contribution in [0.3, 0.4) is 0 Å². The Labute approximate surface area is 239 Å². The molecule has 5 N–H and O–H groups in total. The van der Waals surface area contributed by atoms with E-state index in [1.165, 1.54) is 26.0 Å². The van der Waals surface area contributed by atoms with Crippen molar-refractivity contribution in [2.45, 2.75) is 67.0 Å². The average molecular weight is 619 g/mol. The molecule has 2 fully saturated rings. The summed E-state index contributed by atoms with van der Waals surface area (Å²) in [6, 6.07) is 4.57. The third-order valence-corrected chi connectivity index (χ3v) is 10.7. The molecule has 0 aliphatic heterocycles. The normalized spacial score (nSPS) is 25.0. The van der Waals surface area contributed by atoms with E-state index in [4.69, 9.17) is 11.6 Å². The molecule has 0 saturated heterocycles. The minimum Gasteiger partial charge on any atom is -0.388 e. The van der Waals surface area contributed by atoms with Crippen molar-refractivity contribution in [2.24, 2.45) is 11.8 Å². The average Bonchev–Trinajstić information content (AvgIpc) is 3.05. The Morgan fingerprint density at radius 3 is 2.20 bits per heavy atom. The third kappa shape index (κ3) is 5.96. The molecule has 0 aromatic heterocycles. The van der Waals surface area contributed by atoms with Crippen molar-refractivity contribution >= 4 is 38.9 Å². The molecule has 2 amide bonds. The summed E-state index contributed by atoms with van der Waals surface area (Å²) in [5.41, 5.74) is -3.94. The maximum atomic E-state index is 13.7. The van der Waals surface area contributed by atoms with Crippen LogP contribution < -0.4 is 10.6 Å². The van der Waals surface area contributed by atoms with Gasteiger partial charge in [0.15, 0.2) is 27.3 Å². The number of hydrogen-bond acceptors (Lipinski definition) is 7. The topological polar surface area (TPSA) is 153 Å². The number of hydrogen-bond donors (Lipinski definition) is 5. The van der Waals surface area contributed by atoms with Crippen molar-refractivity contribution in [3.63, 3.8) is 0 Å². The van der Waals surface area contributed by atoms with Gasteiger partial charge in [-0.2, -0.15) is 0 Å². The molecule has 3 unspecified atom stereocenters. The summed E-state index contributed by atoms with van der Waals surface area (Å²) >= 11 is 6.22. The van der Waals surface area contributed by atoms with Crippen molar-refractivity contribution in [3.8, 4) is 0 Å². The van der Waals surface area contributed by atoms with Crippen molar-refractivity contribution in [3.05, 3.63) is 58.4 Å². The summed E-state index contributed by atoms with van der Waals surface area (Å²) in [5, 5.41) is 34.7. The minimum absolute atomic E-state index is 0.0717. The molecule has 4 rings (SSSR count). The number of carbonyl (C=O) groups excluding carboxylic acids is 2. The second-order valence-electron chi connectivity index (χ2n) is 11.2. The van der Waals surface area contributed by atoms with E-state index in [0.29, 0.717) is 25.0 Å². The number of amides is 2. The predicted molar refractivity (Wildman–Crippen MR) is 142 cm³/mol. The first-order valence-electron chi connectivity index (χ1n) is 12.9. The van der Waals surface area contributed by atoms with Crippen LogP contribution in [0.1, 0.15) is 49.9 Å². The number of carbonyl (C=O) groups is 2. The summed E-state index contributed by atoms with van der Waals surface area (Å²) < 4.78 is 67.7. The number of anilines is 1. The highest BCUT2D eigenvalue weighted by Gasteiger charge is 2.59. The van der Waals surface area contributed by atoms with E-state index in [-0.39, 0.29) is 40.6 Å². The highest BCUT2D eigenvalue weighted by molar-refractivity contribution is 7.92. The van der Waals surface area contributed by atoms with E-state index in [9.17, 15) is 46.5 Å². The van der Waals surface area contributed by atoms with Crippen LogP contribution in [0.4, 0.5) is 18.9 Å². The zero-order chi connectivity index (χ0) is 30.5. The molecule has 0 heterocycles. The molecule has 2 aliphatic carbocycles. The lowest BCUT2D eigenvalue weighted by Crippen LogP contribution is -2.59. The molecular weight excluding hydrogens is 589 g/mol. The Morgan fingerprint density at radius 2 is 1.66 bits per heavy atom. The molecular formula is C27H30ClF3N2O7S. The first kappa shape index (κ1) is 31.2. The monoisotopic (exact) mass is 618 g/mol. The molecule has 14 heteroatoms. The third-order valence-electron chi connectivity index (χ3n) is 8.02. The van der Waals surface area contributed by atoms with Crippen molar-refractivity contribution in [1.82, 2.24) is 5.32 Å². The first-order valence-corrected chi connectivity index (χ1v) is 14.8. The Morgan fingerprint density at radius 1 is 1.10 bits per heavy atom. The van der Waals surface area contributed by atoms with E-state index in [1.807, 2.05) is 0 Å². The van der Waals surface area contributed by atoms with E-state index in [0.717, 1.165) is 6.07 Å². The number of fused-ring (bicyclic) bond motifs is 2. The highest BCUT2D eigenvalue weighted by Crippen LogP contribution is 2.52. The van der Waals surface area contributed by atoms with Crippen LogP contribution in [0.25, 0.3) is 0 Å². The van der Waals surface area contributed by atoms with Crippen LogP contribution in [0.2, 0.25) is 5.02 Å². The SMILES string of the molecule is CC(C)(O)C(O)CNC(=O)C1(O)C2CCC1CC(S(=O)(=O)c1cc(C(=O)Nc3cc(F)c(F)c(F)c3)ccc1Cl)C2. The van der Waals surface area contributed by atoms with Gasteiger partial charge in [0, 0.05) is 29.9 Å². The Balaban J connectivity index is 1.52. The quantitative estimate of drug-likeness (QED) is 0.285. The minimum atomic E-state index is -4.18. The molecule has 2 aromatic rings. The van der Waals surface area contributed by atoms with Crippen LogP contribution in [0, 0.1) is 29.3 Å². The lowest BCUT2D eigenvalue weighted by Gasteiger charge is -2.41. The van der Waals surface area contributed by atoms with Gasteiger partial charge in [0.25, 0.3) is 11.8 Å². The fourth-order valence-corrected chi connectivity index (χ4v) is 7.98. The highest BCUT2D eigenvalue weighted by atomic mass is 35.5. The number of aliphatic hydroxyl groups is 3. The summed E-state index contributed by atoms with van der Waals surface area (Å²) in [6.07, 6.45) is -0.669. The summed E-state index contributed by atoms with van der Waals surface area (Å²) in [6.45, 7) is 2.42. The maximum Gasteiger partial charge on any atom is 0.255 e. The molecule has 41 heavy (non-hydrogen) atoms. The molecule has 3 atom stereocenters. The van der Waals surface area contributed by atoms with Gasteiger partial charge in [-0.05, 0) is 69.6 Å².